The summed E-state index contributed by atoms with van der Waals surface area (Å²) >= 11 is 0. The fraction of sp³-hybridized carbons (Fsp3) is 0.0455. The van der Waals surface area contributed by atoms with Crippen molar-refractivity contribution in [3.8, 4) is 0 Å². The zero-order valence-electron chi connectivity index (χ0n) is 15.5. The summed E-state index contributed by atoms with van der Waals surface area (Å²) in [5, 5.41) is 22.6. The number of pyridine rings is 1. The molecule has 1 fully saturated rings. The van der Waals surface area contributed by atoms with E-state index in [0.29, 0.717) is 5.56 Å². The molecule has 1 saturated heterocycles. The maximum Gasteiger partial charge on any atom is 0.300 e. The molecular weight excluding hydrogens is 386 g/mol. The molecule has 148 valence electrons. The largest absolute Gasteiger partial charge is 0.507 e. The summed E-state index contributed by atoms with van der Waals surface area (Å²) in [6, 6.07) is 16.1. The first-order valence-electron chi connectivity index (χ1n) is 9.00. The highest BCUT2D eigenvalue weighted by atomic mass is 16.6. The predicted molar refractivity (Wildman–Crippen MR) is 109 cm³/mol. The van der Waals surface area contributed by atoms with E-state index >= 15 is 0 Å². The number of rotatable bonds is 4. The highest BCUT2D eigenvalue weighted by Crippen LogP contribution is 2.44. The van der Waals surface area contributed by atoms with E-state index in [4.69, 9.17) is 0 Å². The summed E-state index contributed by atoms with van der Waals surface area (Å²) in [6.45, 7) is 0. The number of anilines is 1. The van der Waals surface area contributed by atoms with Crippen molar-refractivity contribution in [2.75, 3.05) is 4.90 Å². The Balaban J connectivity index is 2.02. The first-order chi connectivity index (χ1) is 14.5. The Morgan fingerprint density at radius 2 is 1.70 bits per heavy atom. The van der Waals surface area contributed by atoms with Crippen molar-refractivity contribution in [3.05, 3.63) is 106 Å². The SMILES string of the molecule is O=C1C(=O)N(c2cccnc2)[C@H](c2ccccc2[N+](=O)[O-])C1=C(O)c1ccccc1. The highest BCUT2D eigenvalue weighted by Gasteiger charge is 2.48. The number of Topliss-reactive ketones (excluding diaryl/α,β-unsaturated/α-hetero) is 1. The molecule has 30 heavy (non-hydrogen) atoms. The van der Waals surface area contributed by atoms with Gasteiger partial charge in [0.1, 0.15) is 11.8 Å². The van der Waals surface area contributed by atoms with Gasteiger partial charge in [-0.05, 0) is 18.2 Å². The number of aromatic nitrogens is 1. The van der Waals surface area contributed by atoms with E-state index < -0.39 is 28.4 Å². The summed E-state index contributed by atoms with van der Waals surface area (Å²) in [5.41, 5.74) is 0.241. The highest BCUT2D eigenvalue weighted by molar-refractivity contribution is 6.51. The summed E-state index contributed by atoms with van der Waals surface area (Å²) in [6.07, 6.45) is 2.89. The number of aliphatic hydroxyl groups is 1. The Kier molecular flexibility index (Phi) is 4.81. The molecule has 8 heteroatoms. The number of para-hydroxylation sites is 1. The molecule has 1 aromatic heterocycles. The first kappa shape index (κ1) is 19.0. The molecule has 0 bridgehead atoms. The molecule has 0 spiro atoms. The van der Waals surface area contributed by atoms with Crippen molar-refractivity contribution < 1.29 is 19.6 Å². The Bertz CT molecular complexity index is 1180. The second-order valence-electron chi connectivity index (χ2n) is 6.56. The van der Waals surface area contributed by atoms with Gasteiger partial charge < -0.3 is 5.11 Å². The van der Waals surface area contributed by atoms with E-state index in [1.807, 2.05) is 0 Å². The summed E-state index contributed by atoms with van der Waals surface area (Å²) in [4.78, 5) is 42.1. The number of hydrogen-bond acceptors (Lipinski definition) is 6. The number of nitro groups is 1. The fourth-order valence-corrected chi connectivity index (χ4v) is 3.53. The summed E-state index contributed by atoms with van der Waals surface area (Å²) in [7, 11) is 0. The molecule has 1 atom stereocenters. The van der Waals surface area contributed by atoms with Crippen molar-refractivity contribution in [2.45, 2.75) is 6.04 Å². The van der Waals surface area contributed by atoms with Crippen molar-refractivity contribution in [3.63, 3.8) is 0 Å². The molecular formula is C22H15N3O5. The van der Waals surface area contributed by atoms with Crippen LogP contribution in [0.1, 0.15) is 17.2 Å². The van der Waals surface area contributed by atoms with Gasteiger partial charge in [-0.25, -0.2) is 0 Å². The van der Waals surface area contributed by atoms with Crippen LogP contribution in [0.4, 0.5) is 11.4 Å². The van der Waals surface area contributed by atoms with Crippen LogP contribution in [-0.4, -0.2) is 26.7 Å². The van der Waals surface area contributed by atoms with E-state index in [1.165, 1.54) is 30.6 Å². The molecule has 1 amide bonds. The van der Waals surface area contributed by atoms with Gasteiger partial charge in [-0.2, -0.15) is 0 Å². The molecule has 2 heterocycles. The van der Waals surface area contributed by atoms with Gasteiger partial charge in [0.25, 0.3) is 17.4 Å². The predicted octanol–water partition coefficient (Wildman–Crippen LogP) is 3.62. The number of benzene rings is 2. The normalized spacial score (nSPS) is 17.9. The maximum atomic E-state index is 13.0. The van der Waals surface area contributed by atoms with E-state index in [-0.39, 0.29) is 22.5 Å². The number of amides is 1. The molecule has 3 aromatic rings. The lowest BCUT2D eigenvalue weighted by Crippen LogP contribution is -2.29. The van der Waals surface area contributed by atoms with Crippen molar-refractivity contribution in [1.82, 2.24) is 4.98 Å². The maximum absolute atomic E-state index is 13.0. The number of carbonyl (C=O) groups is 2. The van der Waals surface area contributed by atoms with Crippen LogP contribution >= 0.6 is 0 Å². The molecule has 1 N–H and O–H groups in total. The molecule has 4 rings (SSSR count). The monoisotopic (exact) mass is 401 g/mol. The molecule has 1 aliphatic rings. The standard InChI is InChI=1S/C22H15N3O5/c26-20(14-7-2-1-3-8-14)18-19(16-10-4-5-11-17(16)25(29)30)24(22(28)21(18)27)15-9-6-12-23-13-15/h1-13,19,26H/t19-/m1/s1. The lowest BCUT2D eigenvalue weighted by molar-refractivity contribution is -0.385. The van der Waals surface area contributed by atoms with Crippen LogP contribution in [0.2, 0.25) is 0 Å². The number of nitro benzene ring substituents is 1. The molecule has 8 nitrogen and oxygen atoms in total. The minimum absolute atomic E-state index is 0.114. The van der Waals surface area contributed by atoms with Crippen LogP contribution in [-0.2, 0) is 9.59 Å². The third-order valence-electron chi connectivity index (χ3n) is 4.84. The van der Waals surface area contributed by atoms with Crippen molar-refractivity contribution in [2.24, 2.45) is 0 Å². The smallest absolute Gasteiger partial charge is 0.300 e. The van der Waals surface area contributed by atoms with Gasteiger partial charge in [-0.3, -0.25) is 29.6 Å². The zero-order chi connectivity index (χ0) is 21.3. The minimum atomic E-state index is -1.18. The average molecular weight is 401 g/mol. The van der Waals surface area contributed by atoms with Crippen LogP contribution in [0.3, 0.4) is 0 Å². The summed E-state index contributed by atoms with van der Waals surface area (Å²) in [5.74, 6) is -2.23. The number of ketones is 1. The number of carbonyl (C=O) groups excluding carboxylic acids is 2. The van der Waals surface area contributed by atoms with Crippen LogP contribution in [0.5, 0.6) is 0 Å². The van der Waals surface area contributed by atoms with E-state index in [2.05, 4.69) is 4.98 Å². The Labute approximate surface area is 170 Å². The zero-order valence-corrected chi connectivity index (χ0v) is 15.5. The van der Waals surface area contributed by atoms with Crippen LogP contribution in [0.15, 0.2) is 84.7 Å². The van der Waals surface area contributed by atoms with Gasteiger partial charge in [-0.15, -0.1) is 0 Å². The second kappa shape index (κ2) is 7.59. The Hall–Kier alpha value is -4.33. The number of hydrogen-bond donors (Lipinski definition) is 1. The van der Waals surface area contributed by atoms with Gasteiger partial charge in [0.05, 0.1) is 27.9 Å². The molecule has 1 aliphatic heterocycles. The van der Waals surface area contributed by atoms with Gasteiger partial charge in [0.15, 0.2) is 0 Å². The Morgan fingerprint density at radius 1 is 1.00 bits per heavy atom. The van der Waals surface area contributed by atoms with Crippen LogP contribution in [0.25, 0.3) is 5.76 Å². The third kappa shape index (κ3) is 3.10. The molecule has 0 unspecified atom stereocenters. The Morgan fingerprint density at radius 3 is 2.37 bits per heavy atom. The number of nitrogens with zero attached hydrogens (tertiary/aromatic N) is 3. The lowest BCUT2D eigenvalue weighted by Gasteiger charge is -2.24. The minimum Gasteiger partial charge on any atom is -0.507 e. The average Bonchev–Trinajstić information content (AvgIpc) is 3.05. The van der Waals surface area contributed by atoms with Crippen molar-refractivity contribution in [1.29, 1.82) is 0 Å². The topological polar surface area (TPSA) is 114 Å². The third-order valence-corrected chi connectivity index (χ3v) is 4.84. The fourth-order valence-electron chi connectivity index (χ4n) is 3.53. The summed E-state index contributed by atoms with van der Waals surface area (Å²) < 4.78 is 0. The molecule has 0 aliphatic carbocycles. The second-order valence-corrected chi connectivity index (χ2v) is 6.56. The van der Waals surface area contributed by atoms with Gasteiger partial charge in [0.2, 0.25) is 0 Å². The number of aliphatic hydroxyl groups excluding tert-OH is 1. The van der Waals surface area contributed by atoms with Gasteiger partial charge in [0, 0.05) is 17.8 Å². The first-order valence-corrected chi connectivity index (χ1v) is 9.00. The molecule has 0 radical (unpaired) electrons. The molecule has 2 aromatic carbocycles. The van der Waals surface area contributed by atoms with E-state index in [0.717, 1.165) is 4.90 Å². The van der Waals surface area contributed by atoms with Crippen LogP contribution in [0, 0.1) is 10.1 Å². The van der Waals surface area contributed by atoms with Crippen molar-refractivity contribution >= 4 is 28.8 Å². The molecule has 0 saturated carbocycles. The van der Waals surface area contributed by atoms with E-state index in [1.54, 1.807) is 48.5 Å². The van der Waals surface area contributed by atoms with Gasteiger partial charge in [-0.1, -0.05) is 42.5 Å². The van der Waals surface area contributed by atoms with Gasteiger partial charge >= 0.3 is 0 Å². The van der Waals surface area contributed by atoms with Crippen LogP contribution < -0.4 is 4.90 Å². The van der Waals surface area contributed by atoms with E-state index in [9.17, 15) is 24.8 Å². The lowest BCUT2D eigenvalue weighted by atomic mass is 9.94. The quantitative estimate of drug-likeness (QED) is 0.235.